The van der Waals surface area contributed by atoms with Gasteiger partial charge in [0.1, 0.15) is 11.6 Å². The number of likely N-dealkylation sites (N-methyl/N-ethyl adjacent to an activating group) is 1. The molecule has 2 aromatic rings. The first-order valence-electron chi connectivity index (χ1n) is 10.8. The van der Waals surface area contributed by atoms with Gasteiger partial charge in [-0.15, -0.1) is 24.0 Å². The second-order valence-corrected chi connectivity index (χ2v) is 8.44. The normalized spacial score (nSPS) is 14.8. The maximum absolute atomic E-state index is 13.5. The molecule has 0 radical (unpaired) electrons. The lowest BCUT2D eigenvalue weighted by Crippen LogP contribution is -2.46. The van der Waals surface area contributed by atoms with Crippen LogP contribution in [-0.4, -0.2) is 61.9 Å². The molecule has 1 saturated heterocycles. The molecule has 1 fully saturated rings. The molecule has 6 nitrogen and oxygen atoms in total. The van der Waals surface area contributed by atoms with Crippen LogP contribution in [0, 0.1) is 5.82 Å². The minimum Gasteiger partial charge on any atom is -0.354 e. The van der Waals surface area contributed by atoms with Crippen LogP contribution in [-0.2, 0) is 18.8 Å². The summed E-state index contributed by atoms with van der Waals surface area (Å²) in [4.78, 5) is 13.8. The van der Waals surface area contributed by atoms with Crippen molar-refractivity contribution in [2.75, 3.05) is 50.9 Å². The highest BCUT2D eigenvalue weighted by Crippen LogP contribution is 2.17. The van der Waals surface area contributed by atoms with Gasteiger partial charge in [0.25, 0.3) is 0 Å². The first-order valence-corrected chi connectivity index (χ1v) is 12.1. The van der Waals surface area contributed by atoms with Gasteiger partial charge < -0.3 is 20.4 Å². The molecule has 1 aromatic carbocycles. The number of hydrogen-bond donors (Lipinski definition) is 2. The van der Waals surface area contributed by atoms with E-state index < -0.39 is 0 Å². The molecule has 0 aliphatic carbocycles. The molecule has 1 aliphatic rings. The number of nitrogens with zero attached hydrogens (tertiary/aromatic N) is 4. The Morgan fingerprint density at radius 3 is 2.47 bits per heavy atom. The van der Waals surface area contributed by atoms with Gasteiger partial charge in [-0.1, -0.05) is 19.1 Å². The standard InChI is InChI=1S/C23H33FN6S.HI/c1-4-29-9-11-30(12-10-29)22-8-5-18(14-26-22)15-27-23(25-2)28-16-19-6-7-21(24)13-20(19)17-31-3;/h5-8,13-14H,4,9-12,15-17H2,1-3H3,(H2,25,27,28);1H. The Balaban J connectivity index is 0.00000363. The van der Waals surface area contributed by atoms with E-state index in [2.05, 4.69) is 49.5 Å². The minimum atomic E-state index is -0.196. The van der Waals surface area contributed by atoms with Gasteiger partial charge in [0.15, 0.2) is 5.96 Å². The fourth-order valence-electron chi connectivity index (χ4n) is 3.64. The topological polar surface area (TPSA) is 55.8 Å². The predicted octanol–water partition coefficient (Wildman–Crippen LogP) is 3.71. The van der Waals surface area contributed by atoms with Gasteiger partial charge >= 0.3 is 0 Å². The maximum Gasteiger partial charge on any atom is 0.191 e. The number of thioether (sulfide) groups is 1. The summed E-state index contributed by atoms with van der Waals surface area (Å²) in [5, 5.41) is 6.65. The van der Waals surface area contributed by atoms with E-state index >= 15 is 0 Å². The molecule has 0 saturated carbocycles. The molecule has 0 unspecified atom stereocenters. The van der Waals surface area contributed by atoms with Crippen LogP contribution >= 0.6 is 35.7 Å². The van der Waals surface area contributed by atoms with Crippen molar-refractivity contribution < 1.29 is 4.39 Å². The zero-order valence-corrected chi connectivity index (χ0v) is 22.3. The van der Waals surface area contributed by atoms with Crippen molar-refractivity contribution >= 4 is 47.5 Å². The summed E-state index contributed by atoms with van der Waals surface area (Å²) in [5.74, 6) is 2.34. The molecule has 0 atom stereocenters. The SMILES string of the molecule is CCN1CCN(c2ccc(CNC(=NC)NCc3ccc(F)cc3CSC)cn2)CC1.I. The van der Waals surface area contributed by atoms with Gasteiger partial charge in [-0.25, -0.2) is 9.37 Å². The second-order valence-electron chi connectivity index (χ2n) is 7.57. The molecule has 2 N–H and O–H groups in total. The minimum absolute atomic E-state index is 0. The van der Waals surface area contributed by atoms with Gasteiger partial charge in [-0.2, -0.15) is 11.8 Å². The van der Waals surface area contributed by atoms with Crippen LogP contribution in [0.4, 0.5) is 10.2 Å². The summed E-state index contributed by atoms with van der Waals surface area (Å²) in [6.45, 7) is 8.79. The molecule has 0 bridgehead atoms. The zero-order valence-electron chi connectivity index (χ0n) is 19.1. The number of hydrogen-bond acceptors (Lipinski definition) is 5. The highest BCUT2D eigenvalue weighted by atomic mass is 127. The van der Waals surface area contributed by atoms with Crippen molar-refractivity contribution in [1.82, 2.24) is 20.5 Å². The molecular formula is C23H34FIN6S. The van der Waals surface area contributed by atoms with E-state index in [0.717, 1.165) is 61.0 Å². The Morgan fingerprint density at radius 1 is 1.09 bits per heavy atom. The maximum atomic E-state index is 13.5. The van der Waals surface area contributed by atoms with E-state index in [9.17, 15) is 4.39 Å². The molecule has 176 valence electrons. The largest absolute Gasteiger partial charge is 0.354 e. The molecule has 32 heavy (non-hydrogen) atoms. The first kappa shape index (κ1) is 26.7. The average molecular weight is 573 g/mol. The Hall–Kier alpha value is -1.59. The summed E-state index contributed by atoms with van der Waals surface area (Å²) in [6, 6.07) is 9.17. The van der Waals surface area contributed by atoms with Gasteiger partial charge in [0.2, 0.25) is 0 Å². The van der Waals surface area contributed by atoms with Crippen molar-refractivity contribution in [2.45, 2.75) is 25.8 Å². The van der Waals surface area contributed by atoms with Crippen LogP contribution in [0.2, 0.25) is 0 Å². The highest BCUT2D eigenvalue weighted by molar-refractivity contribution is 14.0. The third kappa shape index (κ3) is 7.77. The van der Waals surface area contributed by atoms with Gasteiger partial charge in [-0.05, 0) is 47.7 Å². The summed E-state index contributed by atoms with van der Waals surface area (Å²) in [5.41, 5.74) is 3.19. The first-order chi connectivity index (χ1) is 15.1. The quantitative estimate of drug-likeness (QED) is 0.286. The number of halogens is 2. The van der Waals surface area contributed by atoms with Crippen LogP contribution in [0.5, 0.6) is 0 Å². The third-order valence-electron chi connectivity index (χ3n) is 5.55. The smallest absolute Gasteiger partial charge is 0.191 e. The van der Waals surface area contributed by atoms with Gasteiger partial charge in [0.05, 0.1) is 0 Å². The number of piperazine rings is 1. The van der Waals surface area contributed by atoms with E-state index in [1.165, 1.54) is 6.07 Å². The van der Waals surface area contributed by atoms with E-state index in [4.69, 9.17) is 0 Å². The van der Waals surface area contributed by atoms with Gasteiger partial charge in [0, 0.05) is 58.3 Å². The molecule has 2 heterocycles. The van der Waals surface area contributed by atoms with Crippen LogP contribution in [0.15, 0.2) is 41.5 Å². The van der Waals surface area contributed by atoms with Crippen molar-refractivity contribution in [2.24, 2.45) is 4.99 Å². The predicted molar refractivity (Wildman–Crippen MR) is 145 cm³/mol. The number of anilines is 1. The van der Waals surface area contributed by atoms with E-state index in [1.54, 1.807) is 24.9 Å². The van der Waals surface area contributed by atoms with Crippen LogP contribution < -0.4 is 15.5 Å². The second kappa shape index (κ2) is 13.8. The molecule has 0 spiro atoms. The van der Waals surface area contributed by atoms with Crippen molar-refractivity contribution in [3.8, 4) is 0 Å². The summed E-state index contributed by atoms with van der Waals surface area (Å²) < 4.78 is 13.5. The number of guanidine groups is 1. The number of benzene rings is 1. The molecular weight excluding hydrogens is 538 g/mol. The lowest BCUT2D eigenvalue weighted by molar-refractivity contribution is 0.270. The number of aromatic nitrogens is 1. The Kier molecular flexibility index (Phi) is 11.5. The Bertz CT molecular complexity index is 856. The lowest BCUT2D eigenvalue weighted by Gasteiger charge is -2.34. The van der Waals surface area contributed by atoms with Crippen molar-refractivity contribution in [1.29, 1.82) is 0 Å². The number of nitrogens with one attached hydrogen (secondary N) is 2. The van der Waals surface area contributed by atoms with Crippen molar-refractivity contribution in [3.05, 3.63) is 59.0 Å². The molecule has 3 rings (SSSR count). The van der Waals surface area contributed by atoms with Crippen LogP contribution in [0.25, 0.3) is 0 Å². The summed E-state index contributed by atoms with van der Waals surface area (Å²) in [7, 11) is 1.75. The van der Waals surface area contributed by atoms with E-state index in [1.807, 2.05) is 18.5 Å². The van der Waals surface area contributed by atoms with E-state index in [0.29, 0.717) is 19.0 Å². The molecule has 9 heteroatoms. The van der Waals surface area contributed by atoms with Crippen LogP contribution in [0.1, 0.15) is 23.6 Å². The molecule has 1 aromatic heterocycles. The zero-order chi connectivity index (χ0) is 22.1. The molecule has 0 amide bonds. The summed E-state index contributed by atoms with van der Waals surface area (Å²) >= 11 is 1.68. The summed E-state index contributed by atoms with van der Waals surface area (Å²) in [6.07, 6.45) is 3.95. The number of aliphatic imine (C=N–C) groups is 1. The van der Waals surface area contributed by atoms with Gasteiger partial charge in [-0.3, -0.25) is 4.99 Å². The van der Waals surface area contributed by atoms with Crippen LogP contribution in [0.3, 0.4) is 0 Å². The highest BCUT2D eigenvalue weighted by Gasteiger charge is 2.16. The fraction of sp³-hybridized carbons (Fsp3) is 0.478. The molecule has 1 aliphatic heterocycles. The fourth-order valence-corrected chi connectivity index (χ4v) is 4.22. The number of rotatable bonds is 8. The monoisotopic (exact) mass is 572 g/mol. The Labute approximate surface area is 212 Å². The lowest BCUT2D eigenvalue weighted by atomic mass is 10.1. The average Bonchev–Trinajstić information content (AvgIpc) is 2.81. The third-order valence-corrected chi connectivity index (χ3v) is 6.15. The number of pyridine rings is 1. The van der Waals surface area contributed by atoms with E-state index in [-0.39, 0.29) is 29.8 Å². The van der Waals surface area contributed by atoms with Crippen molar-refractivity contribution in [3.63, 3.8) is 0 Å². The Morgan fingerprint density at radius 2 is 1.84 bits per heavy atom.